The summed E-state index contributed by atoms with van der Waals surface area (Å²) in [4.78, 5) is 13.9. The highest BCUT2D eigenvalue weighted by molar-refractivity contribution is 5.94. The number of nitrogen functional groups attached to an aromatic ring is 1. The van der Waals surface area contributed by atoms with Crippen LogP contribution in [0.15, 0.2) is 10.5 Å². The second-order valence-corrected chi connectivity index (χ2v) is 6.10. The molecule has 112 valence electrons. The van der Waals surface area contributed by atoms with Gasteiger partial charge < -0.3 is 4.42 Å². The van der Waals surface area contributed by atoms with Crippen molar-refractivity contribution in [3.05, 3.63) is 23.2 Å². The van der Waals surface area contributed by atoms with Crippen LogP contribution in [0.1, 0.15) is 55.0 Å². The molecule has 1 amide bonds. The predicted molar refractivity (Wildman–Crippen MR) is 78.0 cm³/mol. The second kappa shape index (κ2) is 5.97. The molecule has 0 aliphatic carbocycles. The highest BCUT2D eigenvalue weighted by Gasteiger charge is 2.28. The molecular formula is C15H25N3O2. The normalized spacial score (nSPS) is 19.0. The minimum absolute atomic E-state index is 0.297. The van der Waals surface area contributed by atoms with Gasteiger partial charge in [0.2, 0.25) is 0 Å². The van der Waals surface area contributed by atoms with Crippen molar-refractivity contribution in [3.8, 4) is 0 Å². The number of nitrogens with two attached hydrogens (primary N) is 1. The minimum Gasteiger partial charge on any atom is -0.464 e. The quantitative estimate of drug-likeness (QED) is 0.503. The number of likely N-dealkylation sites (tertiary alicyclic amines) is 1. The fourth-order valence-corrected chi connectivity index (χ4v) is 2.75. The zero-order valence-corrected chi connectivity index (χ0v) is 12.7. The number of rotatable bonds is 4. The van der Waals surface area contributed by atoms with Gasteiger partial charge in [0.25, 0.3) is 5.91 Å². The molecule has 3 N–H and O–H groups in total. The Morgan fingerprint density at radius 2 is 2.15 bits per heavy atom. The van der Waals surface area contributed by atoms with Crippen LogP contribution in [-0.2, 0) is 6.54 Å². The molecule has 0 spiro atoms. The van der Waals surface area contributed by atoms with Gasteiger partial charge in [-0.1, -0.05) is 20.3 Å². The third kappa shape index (κ3) is 3.22. The first-order chi connectivity index (χ1) is 9.47. The van der Waals surface area contributed by atoms with E-state index in [9.17, 15) is 4.79 Å². The lowest BCUT2D eigenvalue weighted by molar-refractivity contribution is 0.0952. The molecule has 20 heavy (non-hydrogen) atoms. The molecule has 1 fully saturated rings. The van der Waals surface area contributed by atoms with Gasteiger partial charge in [-0.25, -0.2) is 5.84 Å². The van der Waals surface area contributed by atoms with Crippen LogP contribution >= 0.6 is 0 Å². The van der Waals surface area contributed by atoms with Gasteiger partial charge in [-0.05, 0) is 44.3 Å². The van der Waals surface area contributed by atoms with Gasteiger partial charge in [-0.15, -0.1) is 0 Å². The Balaban J connectivity index is 1.97. The fraction of sp³-hybridized carbons (Fsp3) is 0.667. The van der Waals surface area contributed by atoms with E-state index in [0.29, 0.717) is 16.7 Å². The molecule has 1 aliphatic rings. The third-order valence-corrected chi connectivity index (χ3v) is 4.64. The molecule has 2 rings (SSSR count). The number of amides is 1. The van der Waals surface area contributed by atoms with E-state index in [-0.39, 0.29) is 5.91 Å². The van der Waals surface area contributed by atoms with Crippen molar-refractivity contribution in [2.24, 2.45) is 11.3 Å². The lowest BCUT2D eigenvalue weighted by Crippen LogP contribution is -2.37. The maximum Gasteiger partial charge on any atom is 0.268 e. The van der Waals surface area contributed by atoms with Crippen molar-refractivity contribution in [3.63, 3.8) is 0 Å². The van der Waals surface area contributed by atoms with Crippen molar-refractivity contribution >= 4 is 5.91 Å². The van der Waals surface area contributed by atoms with Gasteiger partial charge in [0.05, 0.1) is 12.1 Å². The Hall–Kier alpha value is -1.33. The van der Waals surface area contributed by atoms with Crippen LogP contribution in [0.25, 0.3) is 0 Å². The van der Waals surface area contributed by atoms with Gasteiger partial charge in [0.15, 0.2) is 0 Å². The van der Waals surface area contributed by atoms with Crippen molar-refractivity contribution in [1.29, 1.82) is 0 Å². The number of aryl methyl sites for hydroxylation is 1. The number of nitrogens with zero attached hydrogens (tertiary/aromatic N) is 1. The summed E-state index contributed by atoms with van der Waals surface area (Å²) < 4.78 is 5.66. The molecule has 1 saturated heterocycles. The largest absolute Gasteiger partial charge is 0.464 e. The number of hydrazine groups is 1. The summed E-state index contributed by atoms with van der Waals surface area (Å²) in [5.41, 5.74) is 3.16. The number of nitrogens with one attached hydrogen (secondary N) is 1. The summed E-state index contributed by atoms with van der Waals surface area (Å²) >= 11 is 0. The summed E-state index contributed by atoms with van der Waals surface area (Å²) in [5, 5.41) is 0. The van der Waals surface area contributed by atoms with Crippen LogP contribution in [0.4, 0.5) is 0 Å². The van der Waals surface area contributed by atoms with Crippen LogP contribution in [0.5, 0.6) is 0 Å². The number of hydrogen-bond donors (Lipinski definition) is 2. The highest BCUT2D eigenvalue weighted by Crippen LogP contribution is 2.34. The monoisotopic (exact) mass is 279 g/mol. The average Bonchev–Trinajstić information content (AvgIpc) is 2.81. The van der Waals surface area contributed by atoms with Gasteiger partial charge in [0.1, 0.15) is 11.5 Å². The van der Waals surface area contributed by atoms with E-state index in [2.05, 4.69) is 24.2 Å². The lowest BCUT2D eigenvalue weighted by Gasteiger charge is -2.38. The van der Waals surface area contributed by atoms with E-state index in [1.807, 2.05) is 0 Å². The van der Waals surface area contributed by atoms with E-state index in [0.717, 1.165) is 25.4 Å². The molecule has 0 saturated carbocycles. The lowest BCUT2D eigenvalue weighted by atomic mass is 9.78. The number of hydrogen-bond acceptors (Lipinski definition) is 4. The molecule has 0 unspecified atom stereocenters. The van der Waals surface area contributed by atoms with Gasteiger partial charge in [-0.2, -0.15) is 0 Å². The van der Waals surface area contributed by atoms with Crippen LogP contribution in [0.3, 0.4) is 0 Å². The Kier molecular flexibility index (Phi) is 4.50. The zero-order valence-electron chi connectivity index (χ0n) is 12.7. The Morgan fingerprint density at radius 1 is 1.50 bits per heavy atom. The predicted octanol–water partition coefficient (Wildman–Crippen LogP) is 2.20. The molecule has 0 radical (unpaired) electrons. The Morgan fingerprint density at radius 3 is 2.70 bits per heavy atom. The maximum atomic E-state index is 11.6. The summed E-state index contributed by atoms with van der Waals surface area (Å²) in [7, 11) is 0. The molecule has 0 aromatic carbocycles. The maximum absolute atomic E-state index is 11.6. The minimum atomic E-state index is -0.297. The summed E-state index contributed by atoms with van der Waals surface area (Å²) in [5.74, 6) is 6.32. The molecular weight excluding hydrogens is 254 g/mol. The average molecular weight is 279 g/mol. The second-order valence-electron chi connectivity index (χ2n) is 6.10. The van der Waals surface area contributed by atoms with Crippen LogP contribution in [0, 0.1) is 12.3 Å². The summed E-state index contributed by atoms with van der Waals surface area (Å²) in [6.07, 6.45) is 3.68. The molecule has 0 bridgehead atoms. The molecule has 0 atom stereocenters. The first-order valence-electron chi connectivity index (χ1n) is 7.30. The molecule has 2 heterocycles. The first-order valence-corrected chi connectivity index (χ1v) is 7.30. The SMILES string of the molecule is CCC1(C)CCN(Cc2cc(C(=O)NN)c(C)o2)CC1. The van der Waals surface area contributed by atoms with Crippen molar-refractivity contribution in [2.45, 2.75) is 46.6 Å². The van der Waals surface area contributed by atoms with E-state index in [1.165, 1.54) is 19.3 Å². The molecule has 1 aliphatic heterocycles. The summed E-state index contributed by atoms with van der Waals surface area (Å²) in [6, 6.07) is 1.80. The van der Waals surface area contributed by atoms with E-state index >= 15 is 0 Å². The highest BCUT2D eigenvalue weighted by atomic mass is 16.3. The molecule has 5 nitrogen and oxygen atoms in total. The van der Waals surface area contributed by atoms with Crippen LogP contribution in [-0.4, -0.2) is 23.9 Å². The summed E-state index contributed by atoms with van der Waals surface area (Å²) in [6.45, 7) is 9.36. The fourth-order valence-electron chi connectivity index (χ4n) is 2.75. The topological polar surface area (TPSA) is 71.5 Å². The number of carbonyl (C=O) groups is 1. The van der Waals surface area contributed by atoms with E-state index in [4.69, 9.17) is 10.3 Å². The van der Waals surface area contributed by atoms with Gasteiger partial charge in [0, 0.05) is 0 Å². The molecule has 5 heteroatoms. The number of piperidine rings is 1. The van der Waals surface area contributed by atoms with Crippen molar-refractivity contribution < 1.29 is 9.21 Å². The third-order valence-electron chi connectivity index (χ3n) is 4.64. The van der Waals surface area contributed by atoms with Gasteiger partial charge in [-0.3, -0.25) is 15.1 Å². The Bertz CT molecular complexity index is 473. The number of carbonyl (C=O) groups excluding carboxylic acids is 1. The number of furan rings is 1. The van der Waals surface area contributed by atoms with E-state index in [1.54, 1.807) is 13.0 Å². The molecule has 1 aromatic heterocycles. The standard InChI is InChI=1S/C15H25N3O2/c1-4-15(3)5-7-18(8-6-15)10-12-9-13(11(2)20-12)14(19)17-16/h9H,4-8,10,16H2,1-3H3,(H,17,19). The first kappa shape index (κ1) is 15.1. The van der Waals surface area contributed by atoms with Crippen LogP contribution in [0.2, 0.25) is 0 Å². The van der Waals surface area contributed by atoms with Crippen molar-refractivity contribution in [2.75, 3.05) is 13.1 Å². The van der Waals surface area contributed by atoms with E-state index < -0.39 is 0 Å². The molecule has 1 aromatic rings. The Labute approximate surface area is 120 Å². The van der Waals surface area contributed by atoms with Gasteiger partial charge >= 0.3 is 0 Å². The zero-order chi connectivity index (χ0) is 14.8. The smallest absolute Gasteiger partial charge is 0.268 e. The van der Waals surface area contributed by atoms with Crippen molar-refractivity contribution in [1.82, 2.24) is 10.3 Å². The van der Waals surface area contributed by atoms with Crippen LogP contribution < -0.4 is 11.3 Å².